The lowest BCUT2D eigenvalue weighted by atomic mass is 9.92. The maximum Gasteiger partial charge on any atom is 0.163 e. The van der Waals surface area contributed by atoms with Crippen molar-refractivity contribution in [3.05, 3.63) is 236 Å². The Bertz CT molecular complexity index is 4220. The number of nitrogens with zero attached hydrogens (tertiary/aromatic N) is 4. The van der Waals surface area contributed by atoms with Gasteiger partial charge in [-0.2, -0.15) is 0 Å². The van der Waals surface area contributed by atoms with Gasteiger partial charge in [0.25, 0.3) is 0 Å². The van der Waals surface area contributed by atoms with Gasteiger partial charge in [-0.3, -0.25) is 0 Å². The zero-order valence-electron chi connectivity index (χ0n) is 37.3. The predicted molar refractivity (Wildman–Crippen MR) is 281 cm³/mol. The van der Waals surface area contributed by atoms with Crippen LogP contribution in [0.5, 0.6) is 0 Å². The maximum atomic E-state index is 6.77. The quantitative estimate of drug-likeness (QED) is 0.159. The van der Waals surface area contributed by atoms with Gasteiger partial charge in [0.15, 0.2) is 11.6 Å². The fourth-order valence-corrected chi connectivity index (χ4v) is 10.4. The zero-order valence-corrected chi connectivity index (χ0v) is 37.3. The Hall–Kier alpha value is -9.13. The minimum atomic E-state index is 0.0109. The van der Waals surface area contributed by atoms with Gasteiger partial charge in [0, 0.05) is 44.0 Å². The van der Waals surface area contributed by atoms with Crippen LogP contribution in [-0.4, -0.2) is 19.5 Å². The highest BCUT2D eigenvalue weighted by Gasteiger charge is 2.22. The third-order valence-electron chi connectivity index (χ3n) is 13.8. The third kappa shape index (κ3) is 6.60. The first-order valence-corrected chi connectivity index (χ1v) is 23.4. The Labute approximate surface area is 396 Å². The van der Waals surface area contributed by atoms with Gasteiger partial charge in [0.2, 0.25) is 0 Å². The molecule has 9 aromatic carbocycles. The summed E-state index contributed by atoms with van der Waals surface area (Å²) in [5.41, 5.74) is 15.2. The van der Waals surface area contributed by atoms with Crippen LogP contribution in [0.1, 0.15) is 23.7 Å². The fourth-order valence-electron chi connectivity index (χ4n) is 10.4. The van der Waals surface area contributed by atoms with E-state index < -0.39 is 0 Å². The number of hydrogen-bond donors (Lipinski definition) is 0. The first kappa shape index (κ1) is 39.1. The molecule has 1 atom stereocenters. The van der Waals surface area contributed by atoms with Gasteiger partial charge in [0.1, 0.15) is 28.2 Å². The van der Waals surface area contributed by atoms with Gasteiger partial charge < -0.3 is 13.4 Å². The summed E-state index contributed by atoms with van der Waals surface area (Å²) in [6.07, 6.45) is 7.48. The Kier molecular flexibility index (Phi) is 8.92. The molecule has 0 radical (unpaired) electrons. The third-order valence-corrected chi connectivity index (χ3v) is 13.8. The standard InChI is InChI=1S/C63H40N4O2/c1-4-14-39(15-5-1)41-24-26-43(27-25-41)62-64-61(42-18-8-3-9-19-42)65-63(66-62)46-29-32-50-49-31-28-45(36-57(49)69-58(50)37-46)47-35-55(60-51-21-11-13-23-56(51)68-59(60)38-47)67-53-22-12-10-20-48(53)52-34-44(30-33-54(52)67)40-16-6-2-7-17-40/h1-26,28-38,43H,27H2. The van der Waals surface area contributed by atoms with Crippen LogP contribution in [0.4, 0.5) is 0 Å². The van der Waals surface area contributed by atoms with Gasteiger partial charge >= 0.3 is 0 Å². The Morgan fingerprint density at radius 2 is 0.971 bits per heavy atom. The molecule has 13 aromatic rings. The number of para-hydroxylation sites is 2. The van der Waals surface area contributed by atoms with E-state index in [4.69, 9.17) is 23.8 Å². The summed E-state index contributed by atoms with van der Waals surface area (Å²) in [6, 6.07) is 72.4. The molecule has 1 unspecified atom stereocenters. The second-order valence-corrected chi connectivity index (χ2v) is 17.9. The molecule has 14 rings (SSSR count). The van der Waals surface area contributed by atoms with Gasteiger partial charge in [-0.25, -0.2) is 15.0 Å². The van der Waals surface area contributed by atoms with Gasteiger partial charge in [0.05, 0.1) is 22.1 Å². The predicted octanol–water partition coefficient (Wildman–Crippen LogP) is 16.6. The first-order chi connectivity index (χ1) is 34.2. The summed E-state index contributed by atoms with van der Waals surface area (Å²) in [6.45, 7) is 0. The number of fused-ring (bicyclic) bond motifs is 9. The highest BCUT2D eigenvalue weighted by atomic mass is 16.3. The number of aromatic nitrogens is 4. The van der Waals surface area contributed by atoms with Crippen molar-refractivity contribution in [2.75, 3.05) is 0 Å². The minimum absolute atomic E-state index is 0.0109. The van der Waals surface area contributed by atoms with E-state index in [0.717, 1.165) is 95.1 Å². The van der Waals surface area contributed by atoms with Crippen molar-refractivity contribution in [3.63, 3.8) is 0 Å². The average molecular weight is 885 g/mol. The van der Waals surface area contributed by atoms with Gasteiger partial charge in [-0.1, -0.05) is 164 Å². The van der Waals surface area contributed by atoms with Crippen molar-refractivity contribution < 1.29 is 8.83 Å². The topological polar surface area (TPSA) is 69.9 Å². The molecule has 0 saturated carbocycles. The number of allylic oxidation sites excluding steroid dienone is 4. The largest absolute Gasteiger partial charge is 0.456 e. The number of furan rings is 2. The molecule has 0 saturated heterocycles. The van der Waals surface area contributed by atoms with Crippen LogP contribution < -0.4 is 0 Å². The maximum absolute atomic E-state index is 6.77. The molecule has 4 heterocycles. The zero-order chi connectivity index (χ0) is 45.4. The van der Waals surface area contributed by atoms with Gasteiger partial charge in [-0.15, -0.1) is 0 Å². The van der Waals surface area contributed by atoms with E-state index in [-0.39, 0.29) is 5.92 Å². The molecule has 0 N–H and O–H groups in total. The van der Waals surface area contributed by atoms with Crippen LogP contribution in [-0.2, 0) is 0 Å². The smallest absolute Gasteiger partial charge is 0.163 e. The van der Waals surface area contributed by atoms with E-state index in [2.05, 4.69) is 187 Å². The van der Waals surface area contributed by atoms with E-state index in [9.17, 15) is 0 Å². The van der Waals surface area contributed by atoms with Crippen molar-refractivity contribution in [1.29, 1.82) is 0 Å². The molecule has 324 valence electrons. The molecule has 0 bridgehead atoms. The van der Waals surface area contributed by atoms with E-state index in [1.807, 2.05) is 42.5 Å². The van der Waals surface area contributed by atoms with Crippen molar-refractivity contribution >= 4 is 71.3 Å². The summed E-state index contributed by atoms with van der Waals surface area (Å²) < 4.78 is 15.9. The average Bonchev–Trinajstić information content (AvgIpc) is 4.10. The van der Waals surface area contributed by atoms with Crippen LogP contribution in [0.2, 0.25) is 0 Å². The minimum Gasteiger partial charge on any atom is -0.456 e. The normalized spacial score (nSPS) is 13.9. The molecule has 0 aliphatic heterocycles. The van der Waals surface area contributed by atoms with Crippen LogP contribution in [0.3, 0.4) is 0 Å². The second kappa shape index (κ2) is 15.8. The number of hydrogen-bond acceptors (Lipinski definition) is 5. The van der Waals surface area contributed by atoms with E-state index in [1.54, 1.807) is 0 Å². The lowest BCUT2D eigenvalue weighted by Crippen LogP contribution is -2.08. The van der Waals surface area contributed by atoms with Crippen LogP contribution >= 0.6 is 0 Å². The summed E-state index contributed by atoms with van der Waals surface area (Å²) in [5.74, 6) is 2.01. The van der Waals surface area contributed by atoms with Gasteiger partial charge in [-0.05, 0) is 100 Å². The monoisotopic (exact) mass is 884 g/mol. The fraction of sp³-hybridized carbons (Fsp3) is 0.0317. The summed E-state index contributed by atoms with van der Waals surface area (Å²) in [7, 11) is 0. The molecular formula is C63H40N4O2. The van der Waals surface area contributed by atoms with Crippen molar-refractivity contribution in [2.24, 2.45) is 0 Å². The first-order valence-electron chi connectivity index (χ1n) is 23.4. The highest BCUT2D eigenvalue weighted by molar-refractivity contribution is 6.16. The lowest BCUT2D eigenvalue weighted by Gasteiger charge is -2.17. The summed E-state index contributed by atoms with van der Waals surface area (Å²) in [4.78, 5) is 15.2. The van der Waals surface area contributed by atoms with E-state index >= 15 is 0 Å². The molecule has 1 aliphatic rings. The Balaban J connectivity index is 0.882. The summed E-state index contributed by atoms with van der Waals surface area (Å²) in [5, 5.41) is 6.62. The molecule has 69 heavy (non-hydrogen) atoms. The number of rotatable bonds is 7. The van der Waals surface area contributed by atoms with Crippen LogP contribution in [0.15, 0.2) is 233 Å². The molecule has 6 nitrogen and oxygen atoms in total. The molecule has 0 spiro atoms. The molecule has 0 fully saturated rings. The Morgan fingerprint density at radius 1 is 0.391 bits per heavy atom. The highest BCUT2D eigenvalue weighted by Crippen LogP contribution is 2.43. The SMILES string of the molecule is C1=CC(c2nc(-c3ccccc3)nc(-c3ccc4c(c3)oc3cc(-c5cc(-n6c7ccccc7c7cc(-c8ccccc8)ccc76)c6c(c5)oc5ccccc56)ccc34)n2)CC=C1c1ccccc1. The molecule has 0 amide bonds. The van der Waals surface area contributed by atoms with Crippen molar-refractivity contribution in [2.45, 2.75) is 12.3 Å². The second-order valence-electron chi connectivity index (χ2n) is 17.9. The Morgan fingerprint density at radius 3 is 1.72 bits per heavy atom. The molecule has 4 aromatic heterocycles. The van der Waals surface area contributed by atoms with Crippen molar-refractivity contribution in [3.8, 4) is 50.7 Å². The van der Waals surface area contributed by atoms with E-state index in [0.29, 0.717) is 11.6 Å². The van der Waals surface area contributed by atoms with Crippen molar-refractivity contribution in [1.82, 2.24) is 19.5 Å². The van der Waals surface area contributed by atoms with Crippen LogP contribution in [0, 0.1) is 0 Å². The van der Waals surface area contributed by atoms with E-state index in [1.165, 1.54) is 33.0 Å². The molecule has 1 aliphatic carbocycles. The molecular weight excluding hydrogens is 845 g/mol. The summed E-state index contributed by atoms with van der Waals surface area (Å²) >= 11 is 0. The number of benzene rings is 9. The lowest BCUT2D eigenvalue weighted by molar-refractivity contribution is 0.668. The van der Waals surface area contributed by atoms with Crippen LogP contribution in [0.25, 0.3) is 122 Å². The molecule has 6 heteroatoms.